The Balaban J connectivity index is 1.93. The molecule has 1 aliphatic rings. The molecule has 142 valence electrons. The number of pyridine rings is 1. The van der Waals surface area contributed by atoms with Crippen molar-refractivity contribution in [2.24, 2.45) is 4.99 Å². The molecule has 0 spiro atoms. The molecule has 6 nitrogen and oxygen atoms in total. The minimum Gasteiger partial charge on any atom is -0.389 e. The number of rotatable bonds is 3. The summed E-state index contributed by atoms with van der Waals surface area (Å²) in [6, 6.07) is 12.1. The Labute approximate surface area is 165 Å². The number of hydrogen-bond donors (Lipinski definition) is 1. The second-order valence-electron chi connectivity index (χ2n) is 6.42. The maximum absolute atomic E-state index is 12.6. The number of benzene rings is 2. The average molecular weight is 412 g/mol. The standard InChI is InChI=1S/C20H16N3O3S2/c1-13(24)23(14-4-7-20-18(10-14)22-12-27(20)2)19-8-9-21-17-6-5-15(11-16(17)19)28(3,25)26/h2,4-12H,1,3H3/q-1/p+1. The molecule has 0 aliphatic carbocycles. The molecule has 1 unspecified atom stereocenters. The monoisotopic (exact) mass is 411 g/mol. The summed E-state index contributed by atoms with van der Waals surface area (Å²) in [6.07, 6.45) is 2.87. The van der Waals surface area contributed by atoms with Gasteiger partial charge in [-0.2, -0.15) is 4.55 Å². The highest BCUT2D eigenvalue weighted by atomic mass is 32.3. The maximum atomic E-state index is 12.6. The summed E-state index contributed by atoms with van der Waals surface area (Å²) in [6.45, 7) is 1.47. The number of carbonyl (C=O) groups is 1. The minimum atomic E-state index is -3.15. The third kappa shape index (κ3) is 3.16. The van der Waals surface area contributed by atoms with Crippen LogP contribution in [0.25, 0.3) is 10.9 Å². The second-order valence-corrected chi connectivity index (χ2v) is 9.89. The van der Waals surface area contributed by atoms with E-state index in [4.69, 9.17) is 5.69 Å². The number of fused-ring (bicyclic) bond motifs is 2. The smallest absolute Gasteiger partial charge is 0.244 e. The Morgan fingerprint density at radius 1 is 1.21 bits per heavy atom. The zero-order valence-electron chi connectivity index (χ0n) is 15.2. The lowest BCUT2D eigenvalue weighted by Gasteiger charge is -2.24. The first kappa shape index (κ1) is 18.6. The Kier molecular flexibility index (Phi) is 4.44. The molecule has 28 heavy (non-hydrogen) atoms. The van der Waals surface area contributed by atoms with E-state index in [1.807, 2.05) is 18.2 Å². The summed E-state index contributed by atoms with van der Waals surface area (Å²) >= 11 is 0. The van der Waals surface area contributed by atoms with Gasteiger partial charge in [0.15, 0.2) is 4.90 Å². The zero-order chi connectivity index (χ0) is 20.1. The highest BCUT2D eigenvalue weighted by Crippen LogP contribution is 2.37. The Hall–Kier alpha value is -2.77. The topological polar surface area (TPSA) is 82.9 Å². The van der Waals surface area contributed by atoms with Gasteiger partial charge in [0.25, 0.3) is 0 Å². The van der Waals surface area contributed by atoms with Gasteiger partial charge in [-0.3, -0.25) is 19.7 Å². The fourth-order valence-electron chi connectivity index (χ4n) is 3.15. The summed E-state index contributed by atoms with van der Waals surface area (Å²) in [4.78, 5) is 24.0. The number of amides is 1. The fourth-order valence-corrected chi connectivity index (χ4v) is 4.72. The highest BCUT2D eigenvalue weighted by molar-refractivity contribution is 8.00. The predicted octanol–water partition coefficient (Wildman–Crippen LogP) is 4.12. The third-order valence-corrected chi connectivity index (χ3v) is 6.76. The van der Waals surface area contributed by atoms with Crippen molar-refractivity contribution < 1.29 is 13.6 Å². The van der Waals surface area contributed by atoms with Gasteiger partial charge in [0.05, 0.1) is 16.9 Å². The van der Waals surface area contributed by atoms with Crippen LogP contribution in [0, 0.1) is 5.69 Å². The minimum absolute atomic E-state index is 0.201. The van der Waals surface area contributed by atoms with Gasteiger partial charge in [-0.1, -0.05) is 15.8 Å². The van der Waals surface area contributed by atoms with Gasteiger partial charge < -0.3 is 16.0 Å². The van der Waals surface area contributed by atoms with Crippen molar-refractivity contribution in [2.75, 3.05) is 11.2 Å². The van der Waals surface area contributed by atoms with Crippen molar-refractivity contribution in [1.82, 2.24) is 4.98 Å². The molecule has 1 N–H and O–H groups in total. The highest BCUT2D eigenvalue weighted by Gasteiger charge is 2.24. The summed E-state index contributed by atoms with van der Waals surface area (Å²) in [7, 11) is -3.67. The SMILES string of the molecule is C#[S-]1C=Nc2cc(N(C(C)=O)c3ccnc4ccc([S+](C)(=O)O)cc34)ccc21. The van der Waals surface area contributed by atoms with Gasteiger partial charge in [0, 0.05) is 30.3 Å². The van der Waals surface area contributed by atoms with Crippen molar-refractivity contribution >= 4 is 59.9 Å². The molecule has 0 saturated carbocycles. The lowest BCUT2D eigenvalue weighted by Crippen LogP contribution is -2.23. The number of hydrogen-bond acceptors (Lipinski definition) is 5. The van der Waals surface area contributed by atoms with E-state index < -0.39 is 20.5 Å². The molecule has 1 atom stereocenters. The number of nitrogens with zero attached hydrogens (tertiary/aromatic N) is 3. The molecular weight excluding hydrogens is 394 g/mol. The van der Waals surface area contributed by atoms with E-state index in [9.17, 15) is 13.6 Å². The van der Waals surface area contributed by atoms with E-state index in [2.05, 4.69) is 9.98 Å². The second kappa shape index (κ2) is 6.68. The largest absolute Gasteiger partial charge is 0.389 e. The molecule has 0 radical (unpaired) electrons. The molecule has 1 aliphatic heterocycles. The lowest BCUT2D eigenvalue weighted by atomic mass is 10.1. The predicted molar refractivity (Wildman–Crippen MR) is 115 cm³/mol. The van der Waals surface area contributed by atoms with Crippen LogP contribution in [0.15, 0.2) is 63.4 Å². The fraction of sp³-hybridized carbons (Fsp3) is 0.100. The first-order valence-corrected chi connectivity index (χ1v) is 11.6. The summed E-state index contributed by atoms with van der Waals surface area (Å²) in [5.41, 5.74) is 10.3. The van der Waals surface area contributed by atoms with Crippen LogP contribution in [0.5, 0.6) is 0 Å². The number of carbonyl (C=O) groups excluding carboxylic acids is 1. The number of aromatic nitrogens is 1. The van der Waals surface area contributed by atoms with Gasteiger partial charge in [0.2, 0.25) is 16.1 Å². The molecule has 0 fully saturated rings. The van der Waals surface area contributed by atoms with Crippen LogP contribution >= 0.6 is 0 Å². The first-order chi connectivity index (χ1) is 13.3. The van der Waals surface area contributed by atoms with Crippen molar-refractivity contribution in [2.45, 2.75) is 16.7 Å². The average Bonchev–Trinajstić information content (AvgIpc) is 3.01. The Morgan fingerprint density at radius 3 is 2.71 bits per heavy atom. The van der Waals surface area contributed by atoms with Crippen LogP contribution in [-0.2, 0) is 29.5 Å². The third-order valence-electron chi connectivity index (χ3n) is 4.44. The van der Waals surface area contributed by atoms with E-state index >= 15 is 0 Å². The van der Waals surface area contributed by atoms with Crippen LogP contribution in [0.2, 0.25) is 0 Å². The molecule has 0 saturated heterocycles. The quantitative estimate of drug-likeness (QED) is 0.519. The molecule has 0 bridgehead atoms. The van der Waals surface area contributed by atoms with Gasteiger partial charge >= 0.3 is 0 Å². The van der Waals surface area contributed by atoms with Crippen LogP contribution in [0.3, 0.4) is 0 Å². The lowest BCUT2D eigenvalue weighted by molar-refractivity contribution is -0.115. The Bertz CT molecular complexity index is 1280. The molecule has 3 aromatic rings. The van der Waals surface area contributed by atoms with E-state index in [-0.39, 0.29) is 10.8 Å². The van der Waals surface area contributed by atoms with Crippen LogP contribution in [0.1, 0.15) is 6.92 Å². The van der Waals surface area contributed by atoms with Gasteiger partial charge in [-0.05, 0) is 30.3 Å². The van der Waals surface area contributed by atoms with E-state index in [0.29, 0.717) is 22.3 Å². The van der Waals surface area contributed by atoms with Crippen LogP contribution in [-0.4, -0.2) is 27.2 Å². The summed E-state index contributed by atoms with van der Waals surface area (Å²) in [5, 5.41) is 0.612. The van der Waals surface area contributed by atoms with Crippen molar-refractivity contribution in [3.05, 3.63) is 48.7 Å². The molecule has 4 rings (SSSR count). The van der Waals surface area contributed by atoms with Crippen molar-refractivity contribution in [1.29, 1.82) is 0 Å². The van der Waals surface area contributed by atoms with Gasteiger partial charge in [-0.25, -0.2) is 0 Å². The Morgan fingerprint density at radius 2 is 2.00 bits per heavy atom. The number of aliphatic imine (C=N–C) groups is 1. The molecule has 2 heterocycles. The van der Waals surface area contributed by atoms with Gasteiger partial charge in [-0.15, -0.1) is 4.90 Å². The van der Waals surface area contributed by atoms with Crippen LogP contribution in [0.4, 0.5) is 17.1 Å². The molecule has 2 aromatic carbocycles. The van der Waals surface area contributed by atoms with E-state index in [0.717, 1.165) is 10.6 Å². The van der Waals surface area contributed by atoms with Crippen LogP contribution < -0.4 is 4.90 Å². The molecule has 1 amide bonds. The molecule has 8 heteroatoms. The van der Waals surface area contributed by atoms with Crippen molar-refractivity contribution in [3.63, 3.8) is 0 Å². The van der Waals surface area contributed by atoms with E-state index in [1.54, 1.807) is 40.9 Å². The first-order valence-electron chi connectivity index (χ1n) is 8.32. The van der Waals surface area contributed by atoms with Gasteiger partial charge in [0.1, 0.15) is 6.26 Å². The summed E-state index contributed by atoms with van der Waals surface area (Å²) in [5.74, 6) is -0.201. The molecular formula is C20H17N3O3S2. The normalized spacial score (nSPS) is 15.4. The molecule has 1 aromatic heterocycles. The van der Waals surface area contributed by atoms with Crippen molar-refractivity contribution in [3.8, 4) is 5.69 Å². The van der Waals surface area contributed by atoms with E-state index in [1.165, 1.54) is 13.2 Å². The summed E-state index contributed by atoms with van der Waals surface area (Å²) < 4.78 is 22.0. The number of anilines is 2. The maximum Gasteiger partial charge on any atom is 0.244 e. The zero-order valence-corrected chi connectivity index (χ0v) is 16.8.